The zero-order valence-electron chi connectivity index (χ0n) is 7.30. The molecule has 0 nitrogen and oxygen atoms in total. The van der Waals surface area contributed by atoms with Crippen LogP contribution in [0, 0.1) is 6.08 Å². The molecule has 0 aromatic heterocycles. The molecule has 2 rings (SSSR count). The summed E-state index contributed by atoms with van der Waals surface area (Å²) in [6.45, 7) is 0. The van der Waals surface area contributed by atoms with Crippen LogP contribution in [0.5, 0.6) is 0 Å². The molecular formula is C12H7Br2+. The minimum atomic E-state index is 0.993. The summed E-state index contributed by atoms with van der Waals surface area (Å²) in [5, 5.41) is 0. The van der Waals surface area contributed by atoms with Crippen LogP contribution in [0.3, 0.4) is 0 Å². The number of hydrogen-bond donors (Lipinski definition) is 0. The monoisotopic (exact) mass is 309 g/mol. The molecule has 0 amide bonds. The molecule has 0 aliphatic heterocycles. The summed E-state index contributed by atoms with van der Waals surface area (Å²) in [6, 6.07) is 8.15. The molecule has 0 saturated heterocycles. The smallest absolute Gasteiger partial charge is 0.0610 e. The van der Waals surface area contributed by atoms with Crippen molar-refractivity contribution in [1.82, 2.24) is 0 Å². The topological polar surface area (TPSA) is 0 Å². The molecule has 0 spiro atoms. The van der Waals surface area contributed by atoms with Crippen molar-refractivity contribution in [1.29, 1.82) is 0 Å². The van der Waals surface area contributed by atoms with Gasteiger partial charge in [0.05, 0.1) is 17.7 Å². The zero-order chi connectivity index (χ0) is 9.97. The molecule has 2 heteroatoms. The summed E-state index contributed by atoms with van der Waals surface area (Å²) in [4.78, 5) is 0. The molecule has 0 saturated carbocycles. The molecule has 0 atom stereocenters. The number of benzene rings is 1. The van der Waals surface area contributed by atoms with Gasteiger partial charge in [0.15, 0.2) is 4.48 Å². The molecule has 0 heterocycles. The van der Waals surface area contributed by atoms with Crippen LogP contribution in [-0.4, -0.2) is 0 Å². The molecule has 0 unspecified atom stereocenters. The van der Waals surface area contributed by atoms with Crippen LogP contribution < -0.4 is 0 Å². The Morgan fingerprint density at radius 1 is 1.07 bits per heavy atom. The number of rotatable bonds is 1. The molecule has 0 radical (unpaired) electrons. The lowest BCUT2D eigenvalue weighted by molar-refractivity contribution is 1.55. The van der Waals surface area contributed by atoms with Crippen molar-refractivity contribution < 1.29 is 0 Å². The maximum atomic E-state index is 3.53. The summed E-state index contributed by atoms with van der Waals surface area (Å²) >= 11 is 7.02. The number of hydrogen-bond acceptors (Lipinski definition) is 0. The second kappa shape index (κ2) is 4.22. The predicted octanol–water partition coefficient (Wildman–Crippen LogP) is 4.48. The first-order chi connectivity index (χ1) is 6.79. The first-order valence-corrected chi connectivity index (χ1v) is 5.79. The van der Waals surface area contributed by atoms with Gasteiger partial charge >= 0.3 is 0 Å². The van der Waals surface area contributed by atoms with E-state index in [-0.39, 0.29) is 0 Å². The van der Waals surface area contributed by atoms with E-state index in [0.717, 1.165) is 14.5 Å². The van der Waals surface area contributed by atoms with E-state index in [1.165, 1.54) is 5.56 Å². The highest BCUT2D eigenvalue weighted by molar-refractivity contribution is 9.12. The van der Waals surface area contributed by atoms with Gasteiger partial charge in [-0.05, 0) is 44.0 Å². The Bertz CT molecular complexity index is 439. The van der Waals surface area contributed by atoms with Crippen molar-refractivity contribution in [2.75, 3.05) is 0 Å². The van der Waals surface area contributed by atoms with Gasteiger partial charge in [-0.25, -0.2) is 0 Å². The highest BCUT2D eigenvalue weighted by Crippen LogP contribution is 2.33. The van der Waals surface area contributed by atoms with E-state index in [2.05, 4.69) is 50.1 Å². The third-order valence-corrected chi connectivity index (χ3v) is 3.32. The number of allylic oxidation sites excluding steroid dienone is 6. The Hall–Kier alpha value is -0.690. The maximum absolute atomic E-state index is 3.53. The minimum absolute atomic E-state index is 0.993. The van der Waals surface area contributed by atoms with Crippen molar-refractivity contribution in [2.45, 2.75) is 0 Å². The van der Waals surface area contributed by atoms with Crippen LogP contribution in [-0.2, 0) is 0 Å². The van der Waals surface area contributed by atoms with Crippen LogP contribution in [0.4, 0.5) is 0 Å². The summed E-state index contributed by atoms with van der Waals surface area (Å²) in [6.07, 6.45) is 9.07. The molecular weight excluding hydrogens is 304 g/mol. The van der Waals surface area contributed by atoms with Crippen LogP contribution >= 0.6 is 31.9 Å². The van der Waals surface area contributed by atoms with Crippen LogP contribution in [0.25, 0.3) is 5.57 Å². The first kappa shape index (κ1) is 9.85. The second-order valence-electron chi connectivity index (χ2n) is 2.88. The standard InChI is InChI=1S/C12H7Br2/c13-11-7-3-1-5-9(11)10-6-2-4-8-12(10)14/h1-7H/q+1. The van der Waals surface area contributed by atoms with Crippen LogP contribution in [0.1, 0.15) is 5.56 Å². The fourth-order valence-electron chi connectivity index (χ4n) is 1.30. The molecule has 1 aromatic rings. The Balaban J connectivity index is 2.51. The van der Waals surface area contributed by atoms with Gasteiger partial charge in [0.2, 0.25) is 0 Å². The van der Waals surface area contributed by atoms with Crippen molar-refractivity contribution in [3.05, 3.63) is 63.1 Å². The van der Waals surface area contributed by atoms with Crippen LogP contribution in [0.2, 0.25) is 0 Å². The highest BCUT2D eigenvalue weighted by atomic mass is 79.9. The van der Waals surface area contributed by atoms with Gasteiger partial charge in [-0.2, -0.15) is 0 Å². The Morgan fingerprint density at radius 2 is 1.86 bits per heavy atom. The summed E-state index contributed by atoms with van der Waals surface area (Å²) in [5.74, 6) is 0. The molecule has 1 aliphatic carbocycles. The fourth-order valence-corrected chi connectivity index (χ4v) is 2.28. The quantitative estimate of drug-likeness (QED) is 0.671. The highest BCUT2D eigenvalue weighted by Gasteiger charge is 2.17. The van der Waals surface area contributed by atoms with Gasteiger partial charge in [-0.3, -0.25) is 0 Å². The van der Waals surface area contributed by atoms with E-state index in [0.29, 0.717) is 0 Å². The predicted molar refractivity (Wildman–Crippen MR) is 66.9 cm³/mol. The second-order valence-corrected chi connectivity index (χ2v) is 4.52. The summed E-state index contributed by atoms with van der Waals surface area (Å²) in [7, 11) is 0. The van der Waals surface area contributed by atoms with E-state index >= 15 is 0 Å². The molecule has 0 bridgehead atoms. The van der Waals surface area contributed by atoms with E-state index in [1.807, 2.05) is 30.4 Å². The fraction of sp³-hybridized carbons (Fsp3) is 0. The third kappa shape index (κ3) is 1.88. The van der Waals surface area contributed by atoms with E-state index in [9.17, 15) is 0 Å². The largest absolute Gasteiger partial charge is 0.188 e. The van der Waals surface area contributed by atoms with Crippen molar-refractivity contribution in [3.8, 4) is 0 Å². The van der Waals surface area contributed by atoms with Gasteiger partial charge in [0.25, 0.3) is 0 Å². The molecule has 1 aliphatic rings. The maximum Gasteiger partial charge on any atom is 0.188 e. The van der Waals surface area contributed by atoms with Crippen LogP contribution in [0.15, 0.2) is 51.4 Å². The van der Waals surface area contributed by atoms with Gasteiger partial charge in [-0.15, -0.1) is 0 Å². The molecule has 68 valence electrons. The molecule has 0 N–H and O–H groups in total. The summed E-state index contributed by atoms with van der Waals surface area (Å²) < 4.78 is 2.09. The van der Waals surface area contributed by atoms with Gasteiger partial charge in [0, 0.05) is 10.5 Å². The van der Waals surface area contributed by atoms with Crippen molar-refractivity contribution in [2.24, 2.45) is 0 Å². The Kier molecular flexibility index (Phi) is 2.97. The van der Waals surface area contributed by atoms with Crippen molar-refractivity contribution in [3.63, 3.8) is 0 Å². The average molecular weight is 311 g/mol. The molecule has 1 aromatic carbocycles. The normalized spacial score (nSPS) is 14.4. The molecule has 14 heavy (non-hydrogen) atoms. The first-order valence-electron chi connectivity index (χ1n) is 4.20. The van der Waals surface area contributed by atoms with Gasteiger partial charge < -0.3 is 0 Å². The molecule has 0 fully saturated rings. The lowest BCUT2D eigenvalue weighted by Crippen LogP contribution is -1.88. The van der Waals surface area contributed by atoms with E-state index < -0.39 is 0 Å². The van der Waals surface area contributed by atoms with Gasteiger partial charge in [0.1, 0.15) is 11.6 Å². The zero-order valence-corrected chi connectivity index (χ0v) is 10.5. The summed E-state index contributed by atoms with van der Waals surface area (Å²) in [5.41, 5.74) is 2.33. The van der Waals surface area contributed by atoms with E-state index in [1.54, 1.807) is 0 Å². The minimum Gasteiger partial charge on any atom is -0.0610 e. The lowest BCUT2D eigenvalue weighted by Gasteiger charge is -2.02. The number of halogens is 2. The SMILES string of the molecule is BrC1=[C+]C=CC=C1c1ccccc1Br. The lowest BCUT2D eigenvalue weighted by atomic mass is 10.0. The third-order valence-electron chi connectivity index (χ3n) is 1.97. The Labute approximate surface area is 100 Å². The Morgan fingerprint density at radius 3 is 2.57 bits per heavy atom. The van der Waals surface area contributed by atoms with Crippen molar-refractivity contribution >= 4 is 37.4 Å². The van der Waals surface area contributed by atoms with E-state index in [4.69, 9.17) is 0 Å². The van der Waals surface area contributed by atoms with Gasteiger partial charge in [-0.1, -0.05) is 12.1 Å². The average Bonchev–Trinajstić information content (AvgIpc) is 2.20.